The molecule has 0 bridgehead atoms. The molecular weight excluding hydrogens is 198 g/mol. The average molecular weight is 221 g/mol. The van der Waals surface area contributed by atoms with Crippen LogP contribution < -0.4 is 10.1 Å². The van der Waals surface area contributed by atoms with Gasteiger partial charge in [0, 0.05) is 12.6 Å². The lowest BCUT2D eigenvalue weighted by atomic mass is 10.1. The Hall–Kier alpha value is -1.02. The van der Waals surface area contributed by atoms with Crippen LogP contribution in [0.4, 0.5) is 0 Å². The second-order valence-corrected chi connectivity index (χ2v) is 4.76. The minimum absolute atomic E-state index is 0.198. The first kappa shape index (κ1) is 13.0. The lowest BCUT2D eigenvalue weighted by molar-refractivity contribution is 0.212. The Morgan fingerprint density at radius 3 is 2.44 bits per heavy atom. The van der Waals surface area contributed by atoms with E-state index in [0.717, 1.165) is 12.3 Å². The van der Waals surface area contributed by atoms with Gasteiger partial charge in [0.05, 0.1) is 0 Å². The summed E-state index contributed by atoms with van der Waals surface area (Å²) in [5.41, 5.74) is 2.48. The Labute approximate surface area is 99.0 Å². The Morgan fingerprint density at radius 1 is 1.19 bits per heavy atom. The molecule has 2 heteroatoms. The molecule has 0 aliphatic carbocycles. The van der Waals surface area contributed by atoms with Gasteiger partial charge in [0.2, 0.25) is 0 Å². The Balaban J connectivity index is 2.52. The zero-order valence-corrected chi connectivity index (χ0v) is 11.0. The fourth-order valence-corrected chi connectivity index (χ4v) is 1.59. The molecule has 0 saturated carbocycles. The van der Waals surface area contributed by atoms with E-state index in [-0.39, 0.29) is 6.10 Å². The van der Waals surface area contributed by atoms with Crippen LogP contribution in [-0.2, 0) is 0 Å². The van der Waals surface area contributed by atoms with Gasteiger partial charge in [-0.15, -0.1) is 0 Å². The van der Waals surface area contributed by atoms with Crippen molar-refractivity contribution in [3.8, 4) is 5.75 Å². The summed E-state index contributed by atoms with van der Waals surface area (Å²) in [6.07, 6.45) is 0.198. The third kappa shape index (κ3) is 4.23. The molecule has 90 valence electrons. The predicted octanol–water partition coefficient (Wildman–Crippen LogP) is 3.07. The smallest absolute Gasteiger partial charge is 0.122 e. The van der Waals surface area contributed by atoms with Crippen molar-refractivity contribution < 1.29 is 4.74 Å². The Bertz CT molecular complexity index is 334. The summed E-state index contributed by atoms with van der Waals surface area (Å²) >= 11 is 0. The lowest BCUT2D eigenvalue weighted by Crippen LogP contribution is -2.33. The van der Waals surface area contributed by atoms with Crippen LogP contribution in [0.2, 0.25) is 0 Å². The van der Waals surface area contributed by atoms with E-state index in [0.29, 0.717) is 6.04 Å². The molecule has 0 fully saturated rings. The third-order valence-corrected chi connectivity index (χ3v) is 2.47. The lowest BCUT2D eigenvalue weighted by Gasteiger charge is -2.18. The van der Waals surface area contributed by atoms with Gasteiger partial charge in [-0.2, -0.15) is 0 Å². The normalized spacial score (nSPS) is 12.9. The van der Waals surface area contributed by atoms with E-state index < -0.39 is 0 Å². The number of hydrogen-bond acceptors (Lipinski definition) is 2. The van der Waals surface area contributed by atoms with Gasteiger partial charge in [-0.25, -0.2) is 0 Å². The van der Waals surface area contributed by atoms with Crippen LogP contribution in [0.1, 0.15) is 31.9 Å². The van der Waals surface area contributed by atoms with Crippen LogP contribution in [0.25, 0.3) is 0 Å². The highest BCUT2D eigenvalue weighted by atomic mass is 16.5. The molecule has 0 aliphatic heterocycles. The largest absolute Gasteiger partial charge is 0.489 e. The third-order valence-electron chi connectivity index (χ3n) is 2.47. The topological polar surface area (TPSA) is 21.3 Å². The molecule has 0 aliphatic rings. The van der Waals surface area contributed by atoms with Crippen molar-refractivity contribution in [1.29, 1.82) is 0 Å². The highest BCUT2D eigenvalue weighted by Crippen LogP contribution is 2.19. The molecular formula is C14H23NO. The van der Waals surface area contributed by atoms with Crippen LogP contribution in [0.3, 0.4) is 0 Å². The number of ether oxygens (including phenoxy) is 1. The molecule has 0 spiro atoms. The Kier molecular flexibility index (Phi) is 4.81. The van der Waals surface area contributed by atoms with Crippen LogP contribution in [-0.4, -0.2) is 18.7 Å². The van der Waals surface area contributed by atoms with Crippen molar-refractivity contribution in [2.45, 2.75) is 46.8 Å². The number of hydrogen-bond donors (Lipinski definition) is 1. The fourth-order valence-electron chi connectivity index (χ4n) is 1.59. The molecule has 2 nitrogen and oxygen atoms in total. The van der Waals surface area contributed by atoms with E-state index in [1.165, 1.54) is 11.1 Å². The maximum absolute atomic E-state index is 5.89. The number of rotatable bonds is 5. The van der Waals surface area contributed by atoms with E-state index in [2.05, 4.69) is 58.1 Å². The SMILES string of the molecule is Cc1ccc(OC(C)CNC(C)C)c(C)c1. The molecule has 0 heterocycles. The van der Waals surface area contributed by atoms with Crippen molar-refractivity contribution in [2.24, 2.45) is 0 Å². The van der Waals surface area contributed by atoms with E-state index in [4.69, 9.17) is 4.74 Å². The Morgan fingerprint density at radius 2 is 1.88 bits per heavy atom. The van der Waals surface area contributed by atoms with Crippen molar-refractivity contribution in [1.82, 2.24) is 5.32 Å². The molecule has 1 unspecified atom stereocenters. The maximum atomic E-state index is 5.89. The van der Waals surface area contributed by atoms with Crippen LogP contribution in [0.5, 0.6) is 5.75 Å². The molecule has 0 radical (unpaired) electrons. The van der Waals surface area contributed by atoms with E-state index in [1.54, 1.807) is 0 Å². The quantitative estimate of drug-likeness (QED) is 0.825. The second kappa shape index (κ2) is 5.90. The first-order valence-electron chi connectivity index (χ1n) is 5.96. The van der Waals surface area contributed by atoms with Crippen LogP contribution >= 0.6 is 0 Å². The maximum Gasteiger partial charge on any atom is 0.122 e. The molecule has 1 aromatic rings. The van der Waals surface area contributed by atoms with Gasteiger partial charge in [0.1, 0.15) is 11.9 Å². The van der Waals surface area contributed by atoms with Crippen molar-refractivity contribution >= 4 is 0 Å². The molecule has 1 aromatic carbocycles. The molecule has 1 rings (SSSR count). The molecule has 1 N–H and O–H groups in total. The van der Waals surface area contributed by atoms with Gasteiger partial charge in [-0.05, 0) is 32.4 Å². The highest BCUT2D eigenvalue weighted by Gasteiger charge is 2.06. The van der Waals surface area contributed by atoms with E-state index in [1.807, 2.05) is 0 Å². The van der Waals surface area contributed by atoms with Gasteiger partial charge in [-0.1, -0.05) is 31.5 Å². The fraction of sp³-hybridized carbons (Fsp3) is 0.571. The molecule has 0 amide bonds. The predicted molar refractivity (Wildman–Crippen MR) is 69.1 cm³/mol. The van der Waals surface area contributed by atoms with Crippen molar-refractivity contribution in [3.05, 3.63) is 29.3 Å². The highest BCUT2D eigenvalue weighted by molar-refractivity contribution is 5.35. The average Bonchev–Trinajstić information content (AvgIpc) is 2.19. The molecule has 16 heavy (non-hydrogen) atoms. The summed E-state index contributed by atoms with van der Waals surface area (Å²) in [6, 6.07) is 6.80. The summed E-state index contributed by atoms with van der Waals surface area (Å²) < 4.78 is 5.89. The number of benzene rings is 1. The zero-order valence-electron chi connectivity index (χ0n) is 11.0. The van der Waals surface area contributed by atoms with Gasteiger partial charge in [0.25, 0.3) is 0 Å². The van der Waals surface area contributed by atoms with Gasteiger partial charge in [-0.3, -0.25) is 0 Å². The number of aryl methyl sites for hydroxylation is 2. The van der Waals surface area contributed by atoms with E-state index >= 15 is 0 Å². The zero-order chi connectivity index (χ0) is 12.1. The first-order valence-corrected chi connectivity index (χ1v) is 5.96. The van der Waals surface area contributed by atoms with E-state index in [9.17, 15) is 0 Å². The first-order chi connectivity index (χ1) is 7.49. The monoisotopic (exact) mass is 221 g/mol. The summed E-state index contributed by atoms with van der Waals surface area (Å²) in [6.45, 7) is 11.4. The minimum atomic E-state index is 0.198. The summed E-state index contributed by atoms with van der Waals surface area (Å²) in [4.78, 5) is 0. The van der Waals surface area contributed by atoms with Gasteiger partial charge >= 0.3 is 0 Å². The van der Waals surface area contributed by atoms with Crippen LogP contribution in [0, 0.1) is 13.8 Å². The van der Waals surface area contributed by atoms with Crippen molar-refractivity contribution in [2.75, 3.05) is 6.54 Å². The summed E-state index contributed by atoms with van der Waals surface area (Å²) in [5, 5.41) is 3.37. The minimum Gasteiger partial charge on any atom is -0.489 e. The standard InChI is InChI=1S/C14H23NO/c1-10(2)15-9-13(5)16-14-7-6-11(3)8-12(14)4/h6-8,10,13,15H,9H2,1-5H3. The molecule has 0 aromatic heterocycles. The van der Waals surface area contributed by atoms with Crippen molar-refractivity contribution in [3.63, 3.8) is 0 Å². The molecule has 1 atom stereocenters. The second-order valence-electron chi connectivity index (χ2n) is 4.76. The summed E-state index contributed by atoms with van der Waals surface area (Å²) in [7, 11) is 0. The molecule has 0 saturated heterocycles. The number of nitrogens with one attached hydrogen (secondary N) is 1. The summed E-state index contributed by atoms with van der Waals surface area (Å²) in [5.74, 6) is 0.989. The van der Waals surface area contributed by atoms with Gasteiger partial charge in [0.15, 0.2) is 0 Å². The van der Waals surface area contributed by atoms with Gasteiger partial charge < -0.3 is 10.1 Å². The van der Waals surface area contributed by atoms with Crippen LogP contribution in [0.15, 0.2) is 18.2 Å².